The molecule has 0 bridgehead atoms. The summed E-state index contributed by atoms with van der Waals surface area (Å²) in [6.45, 7) is 2.87. The van der Waals surface area contributed by atoms with Crippen molar-refractivity contribution < 1.29 is 9.53 Å². The molecule has 126 valence electrons. The Kier molecular flexibility index (Phi) is 4.33. The molecular weight excluding hydrogens is 322 g/mol. The summed E-state index contributed by atoms with van der Waals surface area (Å²) in [4.78, 5) is 23.0. The van der Waals surface area contributed by atoms with E-state index in [0.29, 0.717) is 24.8 Å². The fourth-order valence-electron chi connectivity index (χ4n) is 4.13. The number of ether oxygens (including phenoxy) is 1. The number of hydrogen-bond acceptors (Lipinski definition) is 5. The zero-order chi connectivity index (χ0) is 16.4. The first-order valence-electron chi connectivity index (χ1n) is 8.42. The van der Waals surface area contributed by atoms with Crippen LogP contribution in [-0.2, 0) is 11.3 Å². The van der Waals surface area contributed by atoms with E-state index in [1.165, 1.54) is 24.2 Å². The molecule has 2 aliphatic rings. The summed E-state index contributed by atoms with van der Waals surface area (Å²) in [7, 11) is 0. The van der Waals surface area contributed by atoms with E-state index >= 15 is 0 Å². The molecule has 6 heteroatoms. The lowest BCUT2D eigenvalue weighted by molar-refractivity contribution is 0.0252. The lowest BCUT2D eigenvalue weighted by atomic mass is 9.81. The molecule has 2 atom stereocenters. The van der Waals surface area contributed by atoms with Crippen molar-refractivity contribution in [2.75, 3.05) is 19.7 Å². The maximum absolute atomic E-state index is 12.6. The van der Waals surface area contributed by atoms with Gasteiger partial charge in [-0.2, -0.15) is 0 Å². The van der Waals surface area contributed by atoms with Crippen molar-refractivity contribution in [3.63, 3.8) is 0 Å². The van der Waals surface area contributed by atoms with Crippen molar-refractivity contribution in [1.29, 1.82) is 0 Å². The summed E-state index contributed by atoms with van der Waals surface area (Å²) < 4.78 is 6.01. The zero-order valence-electron chi connectivity index (χ0n) is 13.6. The molecule has 1 aliphatic heterocycles. The normalized spacial score (nSPS) is 25.8. The van der Waals surface area contributed by atoms with Crippen LogP contribution in [0.15, 0.2) is 35.3 Å². The van der Waals surface area contributed by atoms with Gasteiger partial charge < -0.3 is 9.64 Å². The second-order valence-electron chi connectivity index (χ2n) is 6.82. The number of likely N-dealkylation sites (tertiary alicyclic amines) is 1. The van der Waals surface area contributed by atoms with Gasteiger partial charge in [0.15, 0.2) is 0 Å². The van der Waals surface area contributed by atoms with Gasteiger partial charge in [0.1, 0.15) is 5.69 Å². The van der Waals surface area contributed by atoms with Crippen molar-refractivity contribution in [2.24, 2.45) is 11.3 Å². The molecule has 2 aromatic rings. The third kappa shape index (κ3) is 2.96. The van der Waals surface area contributed by atoms with Gasteiger partial charge in [0.25, 0.3) is 5.91 Å². The number of thiazole rings is 1. The summed E-state index contributed by atoms with van der Waals surface area (Å²) in [6.07, 6.45) is 5.35. The highest BCUT2D eigenvalue weighted by atomic mass is 32.1. The average Bonchev–Trinajstić information content (AvgIpc) is 3.31. The van der Waals surface area contributed by atoms with Crippen molar-refractivity contribution in [3.05, 3.63) is 46.7 Å². The highest BCUT2D eigenvalue weighted by molar-refractivity contribution is 7.07. The van der Waals surface area contributed by atoms with Gasteiger partial charge in [-0.15, -0.1) is 11.3 Å². The van der Waals surface area contributed by atoms with E-state index in [4.69, 9.17) is 4.74 Å². The third-order valence-corrected chi connectivity index (χ3v) is 5.93. The Labute approximate surface area is 145 Å². The Balaban J connectivity index is 1.40. The molecule has 1 aliphatic carbocycles. The molecule has 1 amide bonds. The van der Waals surface area contributed by atoms with Crippen LogP contribution in [0.3, 0.4) is 0 Å². The predicted molar refractivity (Wildman–Crippen MR) is 91.7 cm³/mol. The molecule has 2 fully saturated rings. The molecular formula is C18H21N3O2S. The average molecular weight is 343 g/mol. The van der Waals surface area contributed by atoms with Gasteiger partial charge in [-0.25, -0.2) is 4.98 Å². The smallest absolute Gasteiger partial charge is 0.273 e. The highest BCUT2D eigenvalue weighted by Gasteiger charge is 2.50. The van der Waals surface area contributed by atoms with Crippen LogP contribution >= 0.6 is 11.3 Å². The SMILES string of the molecule is O=C(c1cscn1)N1C[C@H]2CCC[C@@]2(COCc2ccccn2)C1. The number of aromatic nitrogens is 2. The molecule has 2 aromatic heterocycles. The van der Waals surface area contributed by atoms with Crippen LogP contribution in [0.5, 0.6) is 0 Å². The monoisotopic (exact) mass is 343 g/mol. The van der Waals surface area contributed by atoms with E-state index in [0.717, 1.165) is 25.2 Å². The number of rotatable bonds is 5. The quantitative estimate of drug-likeness (QED) is 0.837. The fraction of sp³-hybridized carbons (Fsp3) is 0.500. The van der Waals surface area contributed by atoms with Gasteiger partial charge >= 0.3 is 0 Å². The van der Waals surface area contributed by atoms with Gasteiger partial charge in [0.05, 0.1) is 24.4 Å². The molecule has 1 saturated heterocycles. The number of carbonyl (C=O) groups excluding carboxylic acids is 1. The zero-order valence-corrected chi connectivity index (χ0v) is 14.4. The maximum Gasteiger partial charge on any atom is 0.273 e. The summed E-state index contributed by atoms with van der Waals surface area (Å²) in [5.41, 5.74) is 3.36. The molecule has 3 heterocycles. The van der Waals surface area contributed by atoms with E-state index in [2.05, 4.69) is 9.97 Å². The number of fused-ring (bicyclic) bond motifs is 1. The number of nitrogens with zero attached hydrogens (tertiary/aromatic N) is 3. The van der Waals surface area contributed by atoms with E-state index in [1.807, 2.05) is 28.5 Å². The molecule has 0 aromatic carbocycles. The summed E-state index contributed by atoms with van der Waals surface area (Å²) >= 11 is 1.47. The minimum absolute atomic E-state index is 0.0646. The fourth-order valence-corrected chi connectivity index (χ4v) is 4.65. The first-order chi connectivity index (χ1) is 11.8. The van der Waals surface area contributed by atoms with E-state index < -0.39 is 0 Å². The van der Waals surface area contributed by atoms with Crippen molar-refractivity contribution in [1.82, 2.24) is 14.9 Å². The number of hydrogen-bond donors (Lipinski definition) is 0. The molecule has 4 rings (SSSR count). The number of pyridine rings is 1. The van der Waals surface area contributed by atoms with Crippen LogP contribution < -0.4 is 0 Å². The molecule has 0 radical (unpaired) electrons. The van der Waals surface area contributed by atoms with Crippen LogP contribution in [0, 0.1) is 11.3 Å². The van der Waals surface area contributed by atoms with Gasteiger partial charge in [-0.05, 0) is 30.9 Å². The lowest BCUT2D eigenvalue weighted by Crippen LogP contribution is -2.34. The number of carbonyl (C=O) groups is 1. The van der Waals surface area contributed by atoms with E-state index in [-0.39, 0.29) is 11.3 Å². The Morgan fingerprint density at radius 1 is 1.42 bits per heavy atom. The van der Waals surface area contributed by atoms with Crippen molar-refractivity contribution in [2.45, 2.75) is 25.9 Å². The molecule has 0 unspecified atom stereocenters. The van der Waals surface area contributed by atoms with Gasteiger partial charge in [-0.3, -0.25) is 9.78 Å². The van der Waals surface area contributed by atoms with Crippen molar-refractivity contribution >= 4 is 17.2 Å². The second-order valence-corrected chi connectivity index (χ2v) is 7.54. The minimum Gasteiger partial charge on any atom is -0.375 e. The third-order valence-electron chi connectivity index (χ3n) is 5.34. The van der Waals surface area contributed by atoms with Crippen molar-refractivity contribution in [3.8, 4) is 0 Å². The molecule has 24 heavy (non-hydrogen) atoms. The molecule has 1 saturated carbocycles. The van der Waals surface area contributed by atoms with Crippen LogP contribution in [-0.4, -0.2) is 40.5 Å². The Bertz CT molecular complexity index is 692. The molecule has 0 spiro atoms. The minimum atomic E-state index is 0.0646. The Morgan fingerprint density at radius 3 is 3.17 bits per heavy atom. The van der Waals surface area contributed by atoms with Gasteiger partial charge in [0.2, 0.25) is 0 Å². The lowest BCUT2D eigenvalue weighted by Gasteiger charge is -2.28. The topological polar surface area (TPSA) is 55.3 Å². The standard InChI is InChI=1S/C18H21N3O2S/c22-17(16-10-24-13-20-16)21-8-14-4-3-6-18(14,11-21)12-23-9-15-5-1-2-7-19-15/h1-2,5,7,10,13-14H,3-4,6,8-9,11-12H2/t14-,18+/m1/s1. The Hall–Kier alpha value is -1.79. The van der Waals surface area contributed by atoms with E-state index in [9.17, 15) is 4.79 Å². The second kappa shape index (κ2) is 6.61. The van der Waals surface area contributed by atoms with Crippen LogP contribution in [0.2, 0.25) is 0 Å². The van der Waals surface area contributed by atoms with Crippen LogP contribution in [0.1, 0.15) is 35.4 Å². The van der Waals surface area contributed by atoms with Gasteiger partial charge in [0, 0.05) is 30.1 Å². The van der Waals surface area contributed by atoms with Gasteiger partial charge in [-0.1, -0.05) is 12.5 Å². The van der Waals surface area contributed by atoms with Crippen LogP contribution in [0.4, 0.5) is 0 Å². The largest absolute Gasteiger partial charge is 0.375 e. The maximum atomic E-state index is 12.6. The van der Waals surface area contributed by atoms with Crippen LogP contribution in [0.25, 0.3) is 0 Å². The summed E-state index contributed by atoms with van der Waals surface area (Å²) in [5, 5.41) is 1.83. The highest BCUT2D eigenvalue weighted by Crippen LogP contribution is 2.49. The molecule has 0 N–H and O–H groups in total. The summed E-state index contributed by atoms with van der Waals surface area (Å²) in [6, 6.07) is 5.87. The first kappa shape index (κ1) is 15.7. The first-order valence-corrected chi connectivity index (χ1v) is 9.36. The molecule has 5 nitrogen and oxygen atoms in total. The predicted octanol–water partition coefficient (Wildman–Crippen LogP) is 3.00. The number of amides is 1. The Morgan fingerprint density at radius 2 is 2.38 bits per heavy atom. The summed E-state index contributed by atoms with van der Waals surface area (Å²) in [5.74, 6) is 0.610. The van der Waals surface area contributed by atoms with E-state index in [1.54, 1.807) is 11.7 Å².